The molecule has 12 unspecified atom stereocenters. The van der Waals surface area contributed by atoms with Crippen molar-refractivity contribution in [2.75, 3.05) is 26.2 Å². The van der Waals surface area contributed by atoms with Crippen molar-refractivity contribution in [3.05, 3.63) is 0 Å². The SMILES string of the molecule is O=P(O)(O)OP(=O)(O)OP(=O)(O)O[Si](CCCNCCNCCC[Si](OP(=O)(O)OP(=O)(O)OP(=O)(O)O)(OP(=O)(O)OP(=O)(O)OP(=O)(O)O)OP(=O)(O)OP(=O)(O)OP(=O)(O)O)(OP(=O)(O)OP(=O)(O)OP(=O)(O)O)OP(=O)(O)OP(=O)(O)OP(=O)(O)O. The molecule has 0 spiro atoms. The number of phosphoric acid groups is 18. The van der Waals surface area contributed by atoms with Crippen LogP contribution in [-0.4, -0.2) is 161 Å². The van der Waals surface area contributed by atoms with Crippen molar-refractivity contribution in [1.82, 2.24) is 10.6 Å². The second kappa shape index (κ2) is 33.3. The molecule has 82 heteroatoms. The van der Waals surface area contributed by atoms with Gasteiger partial charge >= 0.3 is 158 Å². The van der Waals surface area contributed by atoms with Crippen molar-refractivity contribution in [1.29, 1.82) is 0 Å². The Kier molecular flexibility index (Phi) is 34.3. The molecule has 90 heavy (non-hydrogen) atoms. The second-order valence-corrected chi connectivity index (χ2v) is 47.3. The average molecular weight is 1740 g/mol. The monoisotopic (exact) mass is 1740 g/mol. The summed E-state index contributed by atoms with van der Waals surface area (Å²) >= 11 is 0. The molecular formula is C8H42N2O60P18Si2. The van der Waals surface area contributed by atoms with E-state index in [1.807, 2.05) is 0 Å². The molecule has 0 heterocycles. The van der Waals surface area contributed by atoms with Crippen LogP contribution in [0.4, 0.5) is 0 Å². The summed E-state index contributed by atoms with van der Waals surface area (Å²) in [6.07, 6.45) is -2.60. The number of nitrogens with one attached hydrogen (secondary N) is 2. The molecule has 0 aromatic carbocycles. The first-order chi connectivity index (χ1) is 38.9. The fourth-order valence-electron chi connectivity index (χ4n) is 4.49. The summed E-state index contributed by atoms with van der Waals surface area (Å²) in [6, 6.07) is -4.01. The Bertz CT molecular complexity index is 2850. The van der Waals surface area contributed by atoms with Gasteiger partial charge in [-0.1, -0.05) is 0 Å². The van der Waals surface area contributed by atoms with Gasteiger partial charge in [0.25, 0.3) is 0 Å². The van der Waals surface area contributed by atoms with Crippen LogP contribution >= 0.6 is 141 Å². The Labute approximate surface area is 495 Å². The van der Waals surface area contributed by atoms with Gasteiger partial charge in [0.1, 0.15) is 0 Å². The van der Waals surface area contributed by atoms with Gasteiger partial charge in [-0.15, -0.1) is 0 Å². The molecule has 0 fully saturated rings. The van der Waals surface area contributed by atoms with E-state index in [0.29, 0.717) is 0 Å². The molecule has 0 saturated carbocycles. The fourth-order valence-corrected chi connectivity index (χ4v) is 36.6. The Morgan fingerprint density at radius 2 is 0.333 bits per heavy atom. The predicted molar refractivity (Wildman–Crippen MR) is 266 cm³/mol. The molecule has 0 aliphatic carbocycles. The van der Waals surface area contributed by atoms with Crippen LogP contribution in [0, 0.1) is 0 Å². The van der Waals surface area contributed by atoms with Crippen molar-refractivity contribution in [2.45, 2.75) is 24.9 Å². The molecule has 0 aliphatic heterocycles. The molecule has 0 aromatic rings. The molecule has 0 aliphatic rings. The zero-order valence-corrected chi connectivity index (χ0v) is 59.2. The molecule has 542 valence electrons. The molecule has 0 rings (SSSR count). The average Bonchev–Trinajstić information content (AvgIpc) is 3.07. The van der Waals surface area contributed by atoms with Crippen LogP contribution in [0.1, 0.15) is 12.8 Å². The maximum Gasteiger partial charge on any atom is 0.526 e. The van der Waals surface area contributed by atoms with E-state index in [1.54, 1.807) is 0 Å². The van der Waals surface area contributed by atoms with Gasteiger partial charge < -0.3 is 128 Å². The minimum atomic E-state index is -7.21. The van der Waals surface area contributed by atoms with Crippen LogP contribution in [0.5, 0.6) is 0 Å². The highest BCUT2D eigenvalue weighted by Gasteiger charge is 2.63. The third kappa shape index (κ3) is 46.3. The number of hydrogen-bond acceptors (Lipinski definition) is 38. The zero-order chi connectivity index (χ0) is 71.8. The van der Waals surface area contributed by atoms with Gasteiger partial charge in [0.2, 0.25) is 0 Å². The summed E-state index contributed by atoms with van der Waals surface area (Å²) in [4.78, 5) is 226. The van der Waals surface area contributed by atoms with Gasteiger partial charge in [-0.25, -0.2) is 82.2 Å². The first kappa shape index (κ1) is 92.8. The van der Waals surface area contributed by atoms with Gasteiger partial charge in [-0.3, -0.25) is 25.3 Å². The molecule has 0 bridgehead atoms. The summed E-state index contributed by atoms with van der Waals surface area (Å²) in [5.41, 5.74) is 0. The van der Waals surface area contributed by atoms with Gasteiger partial charge in [0.05, 0.1) is 0 Å². The Morgan fingerprint density at radius 3 is 0.456 bits per heavy atom. The van der Waals surface area contributed by atoms with Crippen LogP contribution in [0.15, 0.2) is 0 Å². The van der Waals surface area contributed by atoms with Crippen molar-refractivity contribution < 1.29 is 277 Å². The normalized spacial score (nSPS) is 23.1. The molecule has 26 N–H and O–H groups in total. The van der Waals surface area contributed by atoms with E-state index in [9.17, 15) is 141 Å². The number of hydrogen-bond donors (Lipinski definition) is 26. The van der Waals surface area contributed by atoms with Gasteiger partial charge in [0, 0.05) is 25.2 Å². The van der Waals surface area contributed by atoms with E-state index < -0.39 is 210 Å². The lowest BCUT2D eigenvalue weighted by Gasteiger charge is -2.32. The first-order valence-corrected chi connectivity index (χ1v) is 50.4. The highest BCUT2D eigenvalue weighted by Crippen LogP contribution is 2.76. The minimum absolute atomic E-state index is 0.747. The Morgan fingerprint density at radius 1 is 0.200 bits per heavy atom. The van der Waals surface area contributed by atoms with Crippen LogP contribution in [0.25, 0.3) is 0 Å². The van der Waals surface area contributed by atoms with E-state index in [0.717, 1.165) is 0 Å². The standard InChI is InChI=1S/C8H42N2O60P18Si2/c11-71(12,13)53-77(29,30)59-83(41,42)65-89(66-84(43,44)60-78(31,32)54-72(14,15)16,67-85(45,46)61-79(33,34)55-73(17,18)19)7-1-3-9-5-6-10-4-2-8-90(68-86(47,48)62-80(35,36)56-74(20,21)22,69-87(49,50)63-81(37,38)57-75(23,24)25)70-88(51,52)64-82(39,40)58-76(26,27)28/h9-10H,1-8H2,(H,29,30)(H,31,32)(H,33,34)(H,35,36)(H,37,38)(H,39,40)(H,41,42)(H,43,44)(H,45,46)(H,47,48)(H,49,50)(H,51,52)(H2,11,12,13)(H2,14,15,16)(H2,17,18,19)(H2,20,21,22)(H2,23,24,25)(H2,26,27,28). The molecule has 0 radical (unpaired) electrons. The summed E-state index contributed by atoms with van der Waals surface area (Å²) in [6.45, 7) is -3.54. The van der Waals surface area contributed by atoms with E-state index >= 15 is 0 Å². The summed E-state index contributed by atoms with van der Waals surface area (Å²) in [5.74, 6) is 0. The van der Waals surface area contributed by atoms with Gasteiger partial charge in [-0.2, -0.15) is 51.7 Å². The van der Waals surface area contributed by atoms with Crippen molar-refractivity contribution in [2.24, 2.45) is 0 Å². The first-order valence-electron chi connectivity index (χ1n) is 19.4. The molecule has 12 atom stereocenters. The predicted octanol–water partition coefficient (Wildman–Crippen LogP) is -1.12. The van der Waals surface area contributed by atoms with Crippen LogP contribution in [0.3, 0.4) is 0 Å². The highest BCUT2D eigenvalue weighted by molar-refractivity contribution is 7.71. The highest BCUT2D eigenvalue weighted by atomic mass is 31.3. The quantitative estimate of drug-likeness (QED) is 0.0195. The molecule has 0 saturated heterocycles. The van der Waals surface area contributed by atoms with Crippen LogP contribution < -0.4 is 10.6 Å². The second-order valence-electron chi connectivity index (χ2n) is 14.2. The minimum Gasteiger partial charge on any atom is -0.315 e. The summed E-state index contributed by atoms with van der Waals surface area (Å²) in [7, 11) is -137. The topological polar surface area (TPSA) is 983 Å². The summed E-state index contributed by atoms with van der Waals surface area (Å²) in [5, 5.41) is 4.41. The lowest BCUT2D eigenvalue weighted by Crippen LogP contribution is -2.44. The lowest BCUT2D eigenvalue weighted by molar-refractivity contribution is 0.135. The van der Waals surface area contributed by atoms with Crippen LogP contribution in [-0.2, 0) is 159 Å². The van der Waals surface area contributed by atoms with E-state index in [4.69, 9.17) is 58.7 Å². The molecular weight excluding hydrogens is 1700 g/mol. The fraction of sp³-hybridized carbons (Fsp3) is 1.00. The van der Waals surface area contributed by atoms with E-state index in [1.165, 1.54) is 0 Å². The largest absolute Gasteiger partial charge is 0.526 e. The smallest absolute Gasteiger partial charge is 0.315 e. The molecule has 62 nitrogen and oxygen atoms in total. The Balaban J connectivity index is 7.56. The third-order valence-corrected chi connectivity index (χ3v) is 40.3. The lowest BCUT2D eigenvalue weighted by atomic mass is 10.4. The molecule has 0 amide bonds. The molecule has 0 aromatic heterocycles. The maximum absolute atomic E-state index is 13.0. The Hall–Kier alpha value is 2.81. The van der Waals surface area contributed by atoms with Crippen LogP contribution in [0.2, 0.25) is 12.1 Å². The summed E-state index contributed by atoms with van der Waals surface area (Å²) < 4.78 is 283. The maximum atomic E-state index is 13.0. The van der Waals surface area contributed by atoms with Crippen molar-refractivity contribution >= 4 is 158 Å². The number of rotatable bonds is 47. The third-order valence-electron chi connectivity index (χ3n) is 6.17. The van der Waals surface area contributed by atoms with E-state index in [-0.39, 0.29) is 0 Å². The zero-order valence-electron chi connectivity index (χ0n) is 41.1. The van der Waals surface area contributed by atoms with Crippen molar-refractivity contribution in [3.63, 3.8) is 0 Å². The van der Waals surface area contributed by atoms with Gasteiger partial charge in [-0.05, 0) is 25.9 Å². The van der Waals surface area contributed by atoms with Gasteiger partial charge in [0.15, 0.2) is 0 Å². The van der Waals surface area contributed by atoms with Crippen molar-refractivity contribution in [3.8, 4) is 0 Å². The van der Waals surface area contributed by atoms with E-state index in [2.05, 4.69) is 87.6 Å².